The van der Waals surface area contributed by atoms with Gasteiger partial charge in [0, 0.05) is 0 Å². The van der Waals surface area contributed by atoms with Crippen LogP contribution >= 0.6 is 11.8 Å². The molecule has 0 spiro atoms. The molecule has 0 fully saturated rings. The second kappa shape index (κ2) is 6.68. The van der Waals surface area contributed by atoms with Crippen molar-refractivity contribution in [1.82, 2.24) is 0 Å². The lowest BCUT2D eigenvalue weighted by Crippen LogP contribution is -2.31. The highest BCUT2D eigenvalue weighted by Crippen LogP contribution is 2.08. The van der Waals surface area contributed by atoms with Gasteiger partial charge in [0.1, 0.15) is 0 Å². The van der Waals surface area contributed by atoms with Gasteiger partial charge >= 0.3 is 0 Å². The van der Waals surface area contributed by atoms with Crippen LogP contribution in [-0.4, -0.2) is 31.2 Å². The van der Waals surface area contributed by atoms with E-state index in [9.17, 15) is 9.59 Å². The van der Waals surface area contributed by atoms with E-state index < -0.39 is 18.0 Å². The van der Waals surface area contributed by atoms with E-state index >= 15 is 0 Å². The first-order valence-electron chi connectivity index (χ1n) is 3.81. The van der Waals surface area contributed by atoms with Crippen LogP contribution in [0, 0.1) is 0 Å². The van der Waals surface area contributed by atoms with Gasteiger partial charge in [0.15, 0.2) is 0 Å². The summed E-state index contributed by atoms with van der Waals surface area (Å²) in [5.41, 5.74) is 0. The number of hydrogen-bond acceptors (Lipinski definition) is 4. The van der Waals surface area contributed by atoms with E-state index in [0.29, 0.717) is 0 Å². The zero-order valence-corrected chi connectivity index (χ0v) is 8.21. The Bertz CT molecular complexity index is 167. The molecule has 0 aliphatic rings. The third kappa shape index (κ3) is 4.10. The van der Waals surface area contributed by atoms with Crippen LogP contribution in [0.3, 0.4) is 0 Å². The highest BCUT2D eigenvalue weighted by atomic mass is 35.5. The molecule has 0 unspecified atom stereocenters. The van der Waals surface area contributed by atoms with Gasteiger partial charge in [0.05, 0.1) is 19.3 Å². The number of carbonyl (C=O) groups is 2. The molecule has 0 bridgehead atoms. The molecule has 0 aliphatic heterocycles. The van der Waals surface area contributed by atoms with Gasteiger partial charge in [-0.15, -0.1) is 0 Å². The maximum Gasteiger partial charge on any atom is 0.299 e. The fraction of sp³-hybridized carbons (Fsp3) is 0.714. The topological polar surface area (TPSA) is 66.7 Å². The van der Waals surface area contributed by atoms with E-state index in [1.165, 1.54) is 0 Å². The molecular formula is C7H11ClNO4-. The lowest BCUT2D eigenvalue weighted by atomic mass is 10.3. The summed E-state index contributed by atoms with van der Waals surface area (Å²) in [7, 11) is 0. The highest BCUT2D eigenvalue weighted by Gasteiger charge is 2.19. The van der Waals surface area contributed by atoms with Crippen molar-refractivity contribution >= 4 is 23.7 Å². The second-order valence-corrected chi connectivity index (χ2v) is 2.20. The largest absolute Gasteiger partial charge is 0.554 e. The van der Waals surface area contributed by atoms with E-state index in [1.54, 1.807) is 13.8 Å². The van der Waals surface area contributed by atoms with Crippen LogP contribution in [0.25, 0.3) is 4.84 Å². The standard InChI is InChI=1S/C7H11ClNO4/c1-3-12-6(10)5(9-8)7(11)13-4-2/h5H,3-4H2,1-2H3/q-1. The Morgan fingerprint density at radius 2 is 1.62 bits per heavy atom. The van der Waals surface area contributed by atoms with E-state index in [1.807, 2.05) is 0 Å². The van der Waals surface area contributed by atoms with Gasteiger partial charge in [-0.1, -0.05) is 0 Å². The van der Waals surface area contributed by atoms with E-state index in [4.69, 9.17) is 11.8 Å². The minimum atomic E-state index is -1.37. The predicted octanol–water partition coefficient (Wildman–Crippen LogP) is 1.01. The number of rotatable bonds is 5. The molecule has 0 N–H and O–H groups in total. The van der Waals surface area contributed by atoms with Crippen molar-refractivity contribution in [2.45, 2.75) is 19.9 Å². The minimum Gasteiger partial charge on any atom is -0.554 e. The molecule has 0 heterocycles. The first-order chi connectivity index (χ1) is 6.17. The number of halogens is 1. The van der Waals surface area contributed by atoms with Crippen LogP contribution in [0.4, 0.5) is 0 Å². The Labute approximate surface area is 81.4 Å². The van der Waals surface area contributed by atoms with E-state index in [-0.39, 0.29) is 13.2 Å². The summed E-state index contributed by atoms with van der Waals surface area (Å²) in [5.74, 6) is -1.59. The van der Waals surface area contributed by atoms with Gasteiger partial charge < -0.3 is 14.3 Å². The SMILES string of the molecule is CCOC(=O)C([N-]Cl)C(=O)OCC. The van der Waals surface area contributed by atoms with Crippen molar-refractivity contribution in [2.75, 3.05) is 13.2 Å². The lowest BCUT2D eigenvalue weighted by Gasteiger charge is -2.21. The molecule has 6 heteroatoms. The first kappa shape index (κ1) is 12.2. The summed E-state index contributed by atoms with van der Waals surface area (Å²) < 4.78 is 9.09. The Morgan fingerprint density at radius 1 is 1.23 bits per heavy atom. The predicted molar refractivity (Wildman–Crippen MR) is 46.3 cm³/mol. The number of esters is 2. The van der Waals surface area contributed by atoms with Gasteiger partial charge in [-0.3, -0.25) is 21.4 Å². The molecule has 0 aromatic heterocycles. The van der Waals surface area contributed by atoms with Gasteiger partial charge in [-0.2, -0.15) is 0 Å². The monoisotopic (exact) mass is 208 g/mol. The van der Waals surface area contributed by atoms with Gasteiger partial charge in [0.25, 0.3) is 11.9 Å². The molecule has 0 rings (SSSR count). The second-order valence-electron chi connectivity index (χ2n) is 2.00. The van der Waals surface area contributed by atoms with Crippen molar-refractivity contribution in [3.63, 3.8) is 0 Å². The Hall–Kier alpha value is -0.810. The zero-order valence-electron chi connectivity index (χ0n) is 7.45. The third-order valence-electron chi connectivity index (χ3n) is 1.12. The zero-order chi connectivity index (χ0) is 10.3. The quantitative estimate of drug-likeness (QED) is 0.500. The summed E-state index contributed by atoms with van der Waals surface area (Å²) in [6.45, 7) is 3.57. The summed E-state index contributed by atoms with van der Waals surface area (Å²) in [6.07, 6.45) is 0. The molecule has 0 amide bonds. The summed E-state index contributed by atoms with van der Waals surface area (Å²) in [4.78, 5) is 25.0. The fourth-order valence-electron chi connectivity index (χ4n) is 0.618. The average molecular weight is 209 g/mol. The molecule has 0 aromatic carbocycles. The summed E-state index contributed by atoms with van der Waals surface area (Å²) in [5, 5.41) is 0. The molecule has 0 aliphatic carbocycles. The van der Waals surface area contributed by atoms with Crippen molar-refractivity contribution < 1.29 is 19.1 Å². The number of carbonyl (C=O) groups excluding carboxylic acids is 2. The Balaban J connectivity index is 4.15. The number of nitrogens with zero attached hydrogens (tertiary/aromatic N) is 1. The van der Waals surface area contributed by atoms with Crippen LogP contribution < -0.4 is 0 Å². The normalized spacial score (nSPS) is 9.85. The molecule has 0 saturated carbocycles. The molecule has 13 heavy (non-hydrogen) atoms. The molecule has 0 radical (unpaired) electrons. The van der Waals surface area contributed by atoms with Gasteiger partial charge in [-0.25, -0.2) is 0 Å². The third-order valence-corrected chi connectivity index (χ3v) is 1.31. The first-order valence-corrected chi connectivity index (χ1v) is 4.15. The molecule has 0 saturated heterocycles. The Morgan fingerprint density at radius 3 is 1.85 bits per heavy atom. The Kier molecular flexibility index (Phi) is 6.26. The van der Waals surface area contributed by atoms with E-state index in [2.05, 4.69) is 14.3 Å². The van der Waals surface area contributed by atoms with Gasteiger partial charge in [0.2, 0.25) is 0 Å². The molecule has 5 nitrogen and oxygen atoms in total. The smallest absolute Gasteiger partial charge is 0.299 e. The van der Waals surface area contributed by atoms with Crippen molar-refractivity contribution in [2.24, 2.45) is 0 Å². The van der Waals surface area contributed by atoms with Crippen molar-refractivity contribution in [3.8, 4) is 0 Å². The van der Waals surface area contributed by atoms with Crippen LogP contribution in [0.1, 0.15) is 13.8 Å². The van der Waals surface area contributed by atoms with E-state index in [0.717, 1.165) is 0 Å². The summed E-state index contributed by atoms with van der Waals surface area (Å²) in [6, 6.07) is -1.37. The van der Waals surface area contributed by atoms with Crippen molar-refractivity contribution in [3.05, 3.63) is 4.84 Å². The van der Waals surface area contributed by atoms with Gasteiger partial charge in [-0.05, 0) is 13.8 Å². The fourth-order valence-corrected chi connectivity index (χ4v) is 0.778. The van der Waals surface area contributed by atoms with Crippen LogP contribution in [0.15, 0.2) is 0 Å². The number of hydrogen-bond donors (Lipinski definition) is 0. The maximum atomic E-state index is 11.0. The molecule has 0 aromatic rings. The maximum absolute atomic E-state index is 11.0. The lowest BCUT2D eigenvalue weighted by molar-refractivity contribution is -0.154. The molecule has 76 valence electrons. The highest BCUT2D eigenvalue weighted by molar-refractivity contribution is 6.29. The minimum absolute atomic E-state index is 0.168. The summed E-state index contributed by atoms with van der Waals surface area (Å²) >= 11 is 5.05. The van der Waals surface area contributed by atoms with Crippen molar-refractivity contribution in [1.29, 1.82) is 0 Å². The van der Waals surface area contributed by atoms with Crippen LogP contribution in [-0.2, 0) is 19.1 Å². The molecule has 0 atom stereocenters. The number of ether oxygens (including phenoxy) is 2. The molecular weight excluding hydrogens is 198 g/mol. The average Bonchev–Trinajstić information content (AvgIpc) is 2.06. The van der Waals surface area contributed by atoms with Crippen LogP contribution in [0.5, 0.6) is 0 Å². The van der Waals surface area contributed by atoms with Crippen LogP contribution in [0.2, 0.25) is 0 Å².